The van der Waals surface area contributed by atoms with Gasteiger partial charge in [-0.05, 0) is 58.9 Å². The number of rotatable bonds is 3. The SMILES string of the molecule is C.CC(=O)C=C(C)O.Fc1c[c-]c(-c2nccc3sccc23)c(F)c1.Fc1c[c-]c(-c2nccc3sccc23)c(F)c1.[Ir]. The Hall–Kier alpha value is -3.76. The van der Waals surface area contributed by atoms with Crippen LogP contribution in [0.1, 0.15) is 21.3 Å². The Balaban J connectivity index is 0.000000239. The second-order valence-corrected chi connectivity index (χ2v) is 10.4. The minimum atomic E-state index is -0.642. The van der Waals surface area contributed by atoms with Crippen molar-refractivity contribution >= 4 is 48.6 Å². The number of pyridine rings is 2. The fraction of sp³-hybridized carbons (Fsp3) is 0.0938. The molecule has 6 aromatic rings. The summed E-state index contributed by atoms with van der Waals surface area (Å²) in [7, 11) is 0. The number of aliphatic hydroxyl groups excluding tert-OH is 1. The molecule has 0 bridgehead atoms. The predicted octanol–water partition coefficient (Wildman–Crippen LogP) is 9.75. The summed E-state index contributed by atoms with van der Waals surface area (Å²) < 4.78 is 55.0. The predicted molar refractivity (Wildman–Crippen MR) is 161 cm³/mol. The molecule has 4 heterocycles. The van der Waals surface area contributed by atoms with Gasteiger partial charge in [0.15, 0.2) is 5.78 Å². The number of carbonyl (C=O) groups excluding carboxylic acids is 1. The minimum absolute atomic E-state index is 0. The van der Waals surface area contributed by atoms with Gasteiger partial charge in [0.2, 0.25) is 0 Å². The van der Waals surface area contributed by atoms with Crippen LogP contribution in [0.4, 0.5) is 17.6 Å². The first-order valence-corrected chi connectivity index (χ1v) is 13.7. The molecule has 0 unspecified atom stereocenters. The summed E-state index contributed by atoms with van der Waals surface area (Å²) in [5, 5.41) is 13.9. The molecular weight excluding hydrogens is 777 g/mol. The van der Waals surface area contributed by atoms with E-state index in [2.05, 4.69) is 22.1 Å². The number of aromatic nitrogens is 2. The third-order valence-corrected chi connectivity index (χ3v) is 7.13. The molecule has 0 aliphatic rings. The fourth-order valence-electron chi connectivity index (χ4n) is 3.73. The number of allylic oxidation sites excluding steroid dienone is 2. The molecule has 43 heavy (non-hydrogen) atoms. The molecule has 0 saturated carbocycles. The number of thiophene rings is 2. The van der Waals surface area contributed by atoms with Gasteiger partial charge >= 0.3 is 0 Å². The summed E-state index contributed by atoms with van der Waals surface area (Å²) in [5.74, 6) is -2.62. The molecule has 225 valence electrons. The first-order chi connectivity index (χ1) is 19.6. The van der Waals surface area contributed by atoms with Crippen LogP contribution in [0.2, 0.25) is 0 Å². The van der Waals surface area contributed by atoms with E-state index in [1.165, 1.54) is 19.9 Å². The summed E-state index contributed by atoms with van der Waals surface area (Å²) in [6, 6.07) is 16.6. The average molecular weight is 801 g/mol. The van der Waals surface area contributed by atoms with Crippen LogP contribution in [0, 0.1) is 35.4 Å². The monoisotopic (exact) mass is 801 g/mol. The van der Waals surface area contributed by atoms with Crippen molar-refractivity contribution in [1.29, 1.82) is 0 Å². The van der Waals surface area contributed by atoms with Gasteiger partial charge in [0.1, 0.15) is 0 Å². The van der Waals surface area contributed by atoms with E-state index in [9.17, 15) is 22.4 Å². The van der Waals surface area contributed by atoms with Gasteiger partial charge in [-0.15, -0.1) is 46.9 Å². The molecule has 4 aromatic heterocycles. The van der Waals surface area contributed by atoms with E-state index in [-0.39, 0.29) is 50.2 Å². The van der Waals surface area contributed by atoms with Gasteiger partial charge in [0.05, 0.1) is 5.76 Å². The molecule has 0 saturated heterocycles. The Bertz CT molecular complexity index is 1750. The summed E-state index contributed by atoms with van der Waals surface area (Å²) in [6.07, 6.45) is 4.40. The maximum Gasteiger partial charge on any atom is 0.155 e. The minimum Gasteiger partial charge on any atom is -0.512 e. The molecule has 11 heteroatoms. The first kappa shape index (κ1) is 35.4. The summed E-state index contributed by atoms with van der Waals surface area (Å²) >= 11 is 3.11. The Morgan fingerprint density at radius 2 is 1.21 bits per heavy atom. The molecule has 0 spiro atoms. The maximum atomic E-state index is 13.7. The Morgan fingerprint density at radius 1 is 0.791 bits per heavy atom. The van der Waals surface area contributed by atoms with Crippen LogP contribution in [0.5, 0.6) is 0 Å². The van der Waals surface area contributed by atoms with Crippen molar-refractivity contribution in [3.63, 3.8) is 0 Å². The van der Waals surface area contributed by atoms with E-state index in [0.717, 1.165) is 44.4 Å². The molecule has 1 N–H and O–H groups in total. The van der Waals surface area contributed by atoms with Crippen LogP contribution >= 0.6 is 22.7 Å². The van der Waals surface area contributed by atoms with Gasteiger partial charge < -0.3 is 15.1 Å². The molecule has 6 rings (SSSR count). The van der Waals surface area contributed by atoms with E-state index >= 15 is 0 Å². The third kappa shape index (κ3) is 9.11. The molecule has 1 radical (unpaired) electrons. The van der Waals surface area contributed by atoms with Crippen molar-refractivity contribution in [2.45, 2.75) is 21.3 Å². The zero-order valence-corrected chi connectivity index (χ0v) is 25.9. The number of nitrogens with zero attached hydrogens (tertiary/aromatic N) is 2. The summed E-state index contributed by atoms with van der Waals surface area (Å²) in [6.45, 7) is 2.85. The van der Waals surface area contributed by atoms with Gasteiger partial charge in [-0.1, -0.05) is 42.8 Å². The third-order valence-electron chi connectivity index (χ3n) is 5.36. The maximum absolute atomic E-state index is 13.7. The second-order valence-electron chi connectivity index (χ2n) is 8.46. The normalized spacial score (nSPS) is 10.5. The Morgan fingerprint density at radius 3 is 1.53 bits per heavy atom. The van der Waals surface area contributed by atoms with Gasteiger partial charge in [0.25, 0.3) is 0 Å². The molecule has 0 amide bonds. The van der Waals surface area contributed by atoms with Crippen LogP contribution in [0.15, 0.2) is 83.5 Å². The van der Waals surface area contributed by atoms with Crippen LogP contribution in [-0.4, -0.2) is 20.9 Å². The number of hydrogen-bond donors (Lipinski definition) is 1. The zero-order chi connectivity index (χ0) is 29.5. The second kappa shape index (κ2) is 16.2. The quantitative estimate of drug-likeness (QED) is 0.0839. The molecule has 0 aliphatic heterocycles. The molecule has 4 nitrogen and oxygen atoms in total. The molecular formula is C32H24F4IrN2O2S2-2. The molecule has 0 atom stereocenters. The van der Waals surface area contributed by atoms with Crippen LogP contribution in [0.25, 0.3) is 42.7 Å². The van der Waals surface area contributed by atoms with Crippen LogP contribution in [-0.2, 0) is 24.9 Å². The Labute approximate surface area is 267 Å². The van der Waals surface area contributed by atoms with E-state index in [1.54, 1.807) is 35.1 Å². The average Bonchev–Trinajstić information content (AvgIpc) is 3.59. The van der Waals surface area contributed by atoms with Crippen molar-refractivity contribution < 1.29 is 47.6 Å². The first-order valence-electron chi connectivity index (χ1n) is 11.9. The summed E-state index contributed by atoms with van der Waals surface area (Å²) in [5.41, 5.74) is 1.41. The topological polar surface area (TPSA) is 63.1 Å². The van der Waals surface area contributed by atoms with Crippen molar-refractivity contribution in [3.8, 4) is 22.5 Å². The van der Waals surface area contributed by atoms with Crippen molar-refractivity contribution in [2.75, 3.05) is 0 Å². The Kier molecular flexibility index (Phi) is 13.3. The zero-order valence-electron chi connectivity index (χ0n) is 21.9. The van der Waals surface area contributed by atoms with Gasteiger partial charge in [-0.3, -0.25) is 22.4 Å². The van der Waals surface area contributed by atoms with E-state index in [4.69, 9.17) is 5.11 Å². The van der Waals surface area contributed by atoms with Crippen LogP contribution < -0.4 is 0 Å². The number of hydrogen-bond acceptors (Lipinski definition) is 6. The number of carbonyl (C=O) groups is 1. The van der Waals surface area contributed by atoms with E-state index < -0.39 is 23.3 Å². The number of ketones is 1. The molecule has 0 fully saturated rings. The fourth-order valence-corrected chi connectivity index (χ4v) is 5.30. The standard InChI is InChI=1S/2C13H6F2NS.C5H8O2.CH4.Ir/c2*14-8-1-2-9(11(15)7-8)13-10-4-6-17-12(10)3-5-16-13;1-4(6)3-5(2)7;;/h2*1,3-7H;3,6H,1-2H3;1H4;/q2*-1;;;. The number of benzene rings is 2. The van der Waals surface area contributed by atoms with E-state index in [1.807, 2.05) is 35.0 Å². The van der Waals surface area contributed by atoms with Crippen molar-refractivity contribution in [2.24, 2.45) is 0 Å². The van der Waals surface area contributed by atoms with E-state index in [0.29, 0.717) is 11.4 Å². The van der Waals surface area contributed by atoms with Gasteiger partial charge in [-0.2, -0.15) is 0 Å². The summed E-state index contributed by atoms with van der Waals surface area (Å²) in [4.78, 5) is 18.3. The number of halogens is 4. The van der Waals surface area contributed by atoms with Crippen molar-refractivity contribution in [1.82, 2.24) is 9.97 Å². The molecule has 0 aliphatic carbocycles. The largest absolute Gasteiger partial charge is 0.512 e. The van der Waals surface area contributed by atoms with Gasteiger partial charge in [0, 0.05) is 71.2 Å². The smallest absolute Gasteiger partial charge is 0.155 e. The number of aliphatic hydroxyl groups is 1. The van der Waals surface area contributed by atoms with Gasteiger partial charge in [-0.25, -0.2) is 0 Å². The van der Waals surface area contributed by atoms with Crippen molar-refractivity contribution in [3.05, 3.63) is 119 Å². The number of fused-ring (bicyclic) bond motifs is 2. The molecule has 2 aromatic carbocycles. The van der Waals surface area contributed by atoms with Crippen LogP contribution in [0.3, 0.4) is 0 Å².